The smallest absolute Gasteiger partial charge is 0.0612 e. The number of likely N-dealkylation sites (tertiary alicyclic amines) is 1. The Hall–Kier alpha value is -3.17. The number of aliphatic imine (C=N–C) groups is 1. The summed E-state index contributed by atoms with van der Waals surface area (Å²) in [5.74, 6) is 1.54. The summed E-state index contributed by atoms with van der Waals surface area (Å²) in [5.41, 5.74) is 11.3. The van der Waals surface area contributed by atoms with Crippen LogP contribution in [-0.4, -0.2) is 36.8 Å². The largest absolute Gasteiger partial charge is 0.363 e. The Labute approximate surface area is 223 Å². The van der Waals surface area contributed by atoms with Crippen LogP contribution >= 0.6 is 0 Å². The van der Waals surface area contributed by atoms with Crippen molar-refractivity contribution in [3.05, 3.63) is 114 Å². The molecule has 2 aromatic carbocycles. The van der Waals surface area contributed by atoms with Crippen LogP contribution in [0.5, 0.6) is 0 Å². The third kappa shape index (κ3) is 5.72. The van der Waals surface area contributed by atoms with Crippen molar-refractivity contribution in [3.8, 4) is 0 Å². The Morgan fingerprint density at radius 3 is 2.49 bits per heavy atom. The zero-order valence-electron chi connectivity index (χ0n) is 22.4. The average molecular weight is 492 g/mol. The van der Waals surface area contributed by atoms with Gasteiger partial charge in [-0.1, -0.05) is 74.8 Å². The molecule has 0 spiro atoms. The Kier molecular flexibility index (Phi) is 7.62. The van der Waals surface area contributed by atoms with Crippen LogP contribution in [0.3, 0.4) is 0 Å². The zero-order chi connectivity index (χ0) is 25.9. The number of hydrogen-bond donors (Lipinski definition) is 1. The molecule has 1 N–H and O–H groups in total. The molecule has 2 fully saturated rings. The molecule has 2 aliphatic heterocycles. The van der Waals surface area contributed by atoms with E-state index in [4.69, 9.17) is 4.99 Å². The number of benzene rings is 2. The number of allylic oxidation sites excluding steroid dienone is 3. The standard InChI is InChI=1S/C34H41N3/c1-23(21-35-26(4)28-9-7-6-8-10-28)22-37-17-15-29(16-18-37)30-12-14-32-25(3)34(20-31(32)19-30)33-13-11-24(2)36-27(33)5/h6-10,12,14,19,29,33-34,36H,1-3,5,11,13,15-18,20-22H2,4H3. The Balaban J connectivity index is 1.14. The predicted molar refractivity (Wildman–Crippen MR) is 158 cm³/mol. The molecule has 0 amide bonds. The SMILES string of the molecule is C=C(CN=C(C)c1ccccc1)CN1CCC(c2ccc3c(c2)CC(C2CCC(=C)NC2=C)C3=C)CC1. The molecular formula is C34H41N3. The number of hydrogen-bond acceptors (Lipinski definition) is 3. The van der Waals surface area contributed by atoms with Crippen molar-refractivity contribution in [2.75, 3.05) is 26.2 Å². The van der Waals surface area contributed by atoms with Crippen molar-refractivity contribution < 1.29 is 0 Å². The minimum absolute atomic E-state index is 0.450. The maximum absolute atomic E-state index is 4.78. The summed E-state index contributed by atoms with van der Waals surface area (Å²) in [7, 11) is 0. The number of nitrogens with one attached hydrogen (secondary N) is 1. The van der Waals surface area contributed by atoms with Gasteiger partial charge in [-0.2, -0.15) is 0 Å². The van der Waals surface area contributed by atoms with Crippen LogP contribution in [0, 0.1) is 11.8 Å². The fourth-order valence-electron chi connectivity index (χ4n) is 6.42. The minimum Gasteiger partial charge on any atom is -0.363 e. The van der Waals surface area contributed by atoms with Crippen molar-refractivity contribution in [2.45, 2.75) is 44.9 Å². The van der Waals surface area contributed by atoms with Gasteiger partial charge in [0, 0.05) is 29.6 Å². The van der Waals surface area contributed by atoms with Crippen molar-refractivity contribution in [2.24, 2.45) is 16.8 Å². The molecule has 1 aliphatic carbocycles. The van der Waals surface area contributed by atoms with Gasteiger partial charge in [-0.25, -0.2) is 0 Å². The summed E-state index contributed by atoms with van der Waals surface area (Å²) >= 11 is 0. The third-order valence-electron chi connectivity index (χ3n) is 8.63. The molecule has 192 valence electrons. The monoisotopic (exact) mass is 491 g/mol. The third-order valence-corrected chi connectivity index (χ3v) is 8.63. The molecular weight excluding hydrogens is 450 g/mol. The molecule has 2 aromatic rings. The van der Waals surface area contributed by atoms with E-state index in [2.05, 4.69) is 85.9 Å². The van der Waals surface area contributed by atoms with Gasteiger partial charge in [-0.15, -0.1) is 0 Å². The van der Waals surface area contributed by atoms with Gasteiger partial charge in [0.05, 0.1) is 6.54 Å². The van der Waals surface area contributed by atoms with Crippen molar-refractivity contribution in [1.29, 1.82) is 0 Å². The van der Waals surface area contributed by atoms with Gasteiger partial charge in [0.25, 0.3) is 0 Å². The summed E-state index contributed by atoms with van der Waals surface area (Å²) in [4.78, 5) is 7.33. The first-order valence-electron chi connectivity index (χ1n) is 13.8. The number of fused-ring (bicyclic) bond motifs is 1. The van der Waals surface area contributed by atoms with E-state index in [1.54, 1.807) is 0 Å². The van der Waals surface area contributed by atoms with E-state index in [-0.39, 0.29) is 0 Å². The van der Waals surface area contributed by atoms with Gasteiger partial charge in [-0.05, 0) is 97.4 Å². The maximum atomic E-state index is 4.78. The normalized spacial score (nSPS) is 23.2. The van der Waals surface area contributed by atoms with E-state index < -0.39 is 0 Å². The van der Waals surface area contributed by atoms with Crippen molar-refractivity contribution >= 4 is 11.3 Å². The van der Waals surface area contributed by atoms with Gasteiger partial charge < -0.3 is 5.32 Å². The molecule has 2 heterocycles. The van der Waals surface area contributed by atoms with Gasteiger partial charge in [0.2, 0.25) is 0 Å². The second kappa shape index (κ2) is 11.1. The molecule has 3 aliphatic rings. The number of piperidine rings is 2. The van der Waals surface area contributed by atoms with Gasteiger partial charge in [0.15, 0.2) is 0 Å². The lowest BCUT2D eigenvalue weighted by Gasteiger charge is -2.32. The van der Waals surface area contributed by atoms with E-state index in [1.807, 2.05) is 6.07 Å². The van der Waals surface area contributed by atoms with E-state index in [9.17, 15) is 0 Å². The highest BCUT2D eigenvalue weighted by Gasteiger charge is 2.35. The molecule has 2 atom stereocenters. The quantitative estimate of drug-likeness (QED) is 0.329. The van der Waals surface area contributed by atoms with E-state index in [0.29, 0.717) is 24.3 Å². The van der Waals surface area contributed by atoms with Crippen LogP contribution in [0.1, 0.15) is 60.8 Å². The predicted octanol–water partition coefficient (Wildman–Crippen LogP) is 7.14. The molecule has 0 saturated carbocycles. The minimum atomic E-state index is 0.450. The van der Waals surface area contributed by atoms with Gasteiger partial charge in [-0.3, -0.25) is 9.89 Å². The maximum Gasteiger partial charge on any atom is 0.0612 e. The summed E-state index contributed by atoms with van der Waals surface area (Å²) in [6.07, 6.45) is 5.64. The highest BCUT2D eigenvalue weighted by Crippen LogP contribution is 2.45. The zero-order valence-corrected chi connectivity index (χ0v) is 22.4. The first-order valence-corrected chi connectivity index (χ1v) is 13.8. The molecule has 5 rings (SSSR count). The molecule has 3 heteroatoms. The highest BCUT2D eigenvalue weighted by atomic mass is 15.1. The molecule has 2 unspecified atom stereocenters. The average Bonchev–Trinajstić information content (AvgIpc) is 3.23. The van der Waals surface area contributed by atoms with E-state index >= 15 is 0 Å². The van der Waals surface area contributed by atoms with Crippen LogP contribution in [0.4, 0.5) is 0 Å². The second-order valence-corrected chi connectivity index (χ2v) is 11.2. The van der Waals surface area contributed by atoms with Crippen molar-refractivity contribution in [3.63, 3.8) is 0 Å². The van der Waals surface area contributed by atoms with Crippen LogP contribution in [-0.2, 0) is 6.42 Å². The summed E-state index contributed by atoms with van der Waals surface area (Å²) < 4.78 is 0. The van der Waals surface area contributed by atoms with Crippen LogP contribution in [0.15, 0.2) is 96.8 Å². The number of nitrogens with zero attached hydrogens (tertiary/aromatic N) is 2. The first-order chi connectivity index (χ1) is 17.9. The molecule has 37 heavy (non-hydrogen) atoms. The Morgan fingerprint density at radius 2 is 1.76 bits per heavy atom. The summed E-state index contributed by atoms with van der Waals surface area (Å²) in [6.45, 7) is 23.2. The van der Waals surface area contributed by atoms with E-state index in [1.165, 1.54) is 46.2 Å². The first kappa shape index (κ1) is 25.5. The lowest BCUT2D eigenvalue weighted by atomic mass is 9.80. The highest BCUT2D eigenvalue weighted by molar-refractivity contribution is 5.98. The number of rotatable bonds is 7. The Morgan fingerprint density at radius 1 is 1.00 bits per heavy atom. The lowest BCUT2D eigenvalue weighted by molar-refractivity contribution is 0.228. The second-order valence-electron chi connectivity index (χ2n) is 11.2. The summed E-state index contributed by atoms with van der Waals surface area (Å²) in [6, 6.07) is 17.6. The molecule has 0 radical (unpaired) electrons. The fourth-order valence-corrected chi connectivity index (χ4v) is 6.42. The van der Waals surface area contributed by atoms with E-state index in [0.717, 1.165) is 56.0 Å². The van der Waals surface area contributed by atoms with Gasteiger partial charge in [0.1, 0.15) is 0 Å². The van der Waals surface area contributed by atoms with Crippen molar-refractivity contribution in [1.82, 2.24) is 10.2 Å². The van der Waals surface area contributed by atoms with Gasteiger partial charge >= 0.3 is 0 Å². The Bertz CT molecular complexity index is 1230. The molecule has 3 nitrogen and oxygen atoms in total. The van der Waals surface area contributed by atoms with Crippen LogP contribution in [0.2, 0.25) is 0 Å². The van der Waals surface area contributed by atoms with Crippen LogP contribution < -0.4 is 5.32 Å². The molecule has 0 aromatic heterocycles. The molecule has 0 bridgehead atoms. The lowest BCUT2D eigenvalue weighted by Crippen LogP contribution is -2.34. The molecule has 2 saturated heterocycles. The van der Waals surface area contributed by atoms with Crippen LogP contribution in [0.25, 0.3) is 5.57 Å². The topological polar surface area (TPSA) is 27.6 Å². The summed E-state index contributed by atoms with van der Waals surface area (Å²) in [5, 5.41) is 3.41. The fraction of sp³-hybridized carbons (Fsp3) is 0.382.